The quantitative estimate of drug-likeness (QED) is 0.757. The monoisotopic (exact) mass is 254 g/mol. The van der Waals surface area contributed by atoms with Crippen LogP contribution >= 0.6 is 0 Å². The van der Waals surface area contributed by atoms with Gasteiger partial charge >= 0.3 is 6.18 Å². The molecule has 0 bridgehead atoms. The lowest BCUT2D eigenvalue weighted by Crippen LogP contribution is -2.45. The van der Waals surface area contributed by atoms with Gasteiger partial charge in [-0.15, -0.1) is 0 Å². The fourth-order valence-corrected chi connectivity index (χ4v) is 1.74. The maximum atomic E-state index is 12.4. The second-order valence-corrected chi connectivity index (χ2v) is 4.00. The highest BCUT2D eigenvalue weighted by atomic mass is 19.4. The minimum absolute atomic E-state index is 0.0864. The van der Waals surface area contributed by atoms with E-state index in [9.17, 15) is 18.0 Å². The van der Waals surface area contributed by atoms with Crippen molar-refractivity contribution >= 4 is 5.91 Å². The van der Waals surface area contributed by atoms with Crippen LogP contribution in [0.4, 0.5) is 13.2 Å². The van der Waals surface area contributed by atoms with Crippen LogP contribution in [0.5, 0.6) is 0 Å². The van der Waals surface area contributed by atoms with Crippen molar-refractivity contribution in [2.45, 2.75) is 51.7 Å². The molecular weight excluding hydrogens is 233 g/mol. The van der Waals surface area contributed by atoms with Gasteiger partial charge in [-0.25, -0.2) is 0 Å². The van der Waals surface area contributed by atoms with E-state index in [-0.39, 0.29) is 12.5 Å². The highest BCUT2D eigenvalue weighted by Gasteiger charge is 2.35. The van der Waals surface area contributed by atoms with Crippen molar-refractivity contribution in [1.82, 2.24) is 4.90 Å². The third kappa shape index (κ3) is 6.51. The molecule has 0 fully saturated rings. The minimum Gasteiger partial charge on any atom is -0.331 e. The smallest absolute Gasteiger partial charge is 0.331 e. The van der Waals surface area contributed by atoms with Gasteiger partial charge in [0.15, 0.2) is 0 Å². The first-order valence-electron chi connectivity index (χ1n) is 5.92. The second-order valence-electron chi connectivity index (χ2n) is 4.00. The number of carbonyl (C=O) groups is 1. The topological polar surface area (TPSA) is 46.3 Å². The molecule has 0 heterocycles. The van der Waals surface area contributed by atoms with Crippen molar-refractivity contribution in [1.29, 1.82) is 0 Å². The molecule has 0 spiro atoms. The van der Waals surface area contributed by atoms with Gasteiger partial charge in [0.05, 0.1) is 0 Å². The standard InChI is InChI=1S/C11H21F3N2O/c1-3-9(4-2)16(8-11(12,13)14)10(17)6-5-7-15/h9H,3-8,15H2,1-2H3. The van der Waals surface area contributed by atoms with Crippen LogP contribution in [0.1, 0.15) is 39.5 Å². The van der Waals surface area contributed by atoms with Gasteiger partial charge in [-0.3, -0.25) is 4.79 Å². The minimum atomic E-state index is -4.35. The summed E-state index contributed by atoms with van der Waals surface area (Å²) < 4.78 is 37.2. The summed E-state index contributed by atoms with van der Waals surface area (Å²) in [6.07, 6.45) is -2.78. The Labute approximate surface area is 100 Å². The number of rotatable bonds is 7. The molecule has 6 heteroatoms. The van der Waals surface area contributed by atoms with Crippen LogP contribution < -0.4 is 5.73 Å². The number of alkyl halides is 3. The van der Waals surface area contributed by atoms with Crippen LogP contribution in [0.25, 0.3) is 0 Å². The van der Waals surface area contributed by atoms with Crippen molar-refractivity contribution in [3.8, 4) is 0 Å². The summed E-state index contributed by atoms with van der Waals surface area (Å²) in [5, 5.41) is 0. The lowest BCUT2D eigenvalue weighted by molar-refractivity contribution is -0.166. The third-order valence-corrected chi connectivity index (χ3v) is 2.65. The van der Waals surface area contributed by atoms with Crippen LogP contribution in [-0.2, 0) is 4.79 Å². The van der Waals surface area contributed by atoms with E-state index in [1.165, 1.54) is 0 Å². The highest BCUT2D eigenvalue weighted by Crippen LogP contribution is 2.21. The number of halogens is 3. The molecule has 0 atom stereocenters. The fourth-order valence-electron chi connectivity index (χ4n) is 1.74. The molecule has 17 heavy (non-hydrogen) atoms. The maximum absolute atomic E-state index is 12.4. The maximum Gasteiger partial charge on any atom is 0.406 e. The van der Waals surface area contributed by atoms with Crippen LogP contribution in [0.15, 0.2) is 0 Å². The first-order valence-corrected chi connectivity index (χ1v) is 5.92. The highest BCUT2D eigenvalue weighted by molar-refractivity contribution is 5.76. The Hall–Kier alpha value is -0.780. The number of amides is 1. The average molecular weight is 254 g/mol. The predicted molar refractivity (Wildman–Crippen MR) is 60.4 cm³/mol. The summed E-state index contributed by atoms with van der Waals surface area (Å²) in [6.45, 7) is 2.72. The van der Waals surface area contributed by atoms with Gasteiger partial charge in [0.25, 0.3) is 0 Å². The van der Waals surface area contributed by atoms with Crippen LogP contribution in [0.2, 0.25) is 0 Å². The van der Waals surface area contributed by atoms with Crippen LogP contribution in [0.3, 0.4) is 0 Å². The summed E-state index contributed by atoms with van der Waals surface area (Å²) >= 11 is 0. The SMILES string of the molecule is CCC(CC)N(CC(F)(F)F)C(=O)CCCN. The molecule has 0 aliphatic heterocycles. The van der Waals surface area contributed by atoms with E-state index in [0.717, 1.165) is 4.90 Å². The molecule has 0 aromatic rings. The van der Waals surface area contributed by atoms with E-state index in [1.54, 1.807) is 13.8 Å². The lowest BCUT2D eigenvalue weighted by Gasteiger charge is -2.31. The molecule has 3 nitrogen and oxygen atoms in total. The average Bonchev–Trinajstić information content (AvgIpc) is 2.24. The largest absolute Gasteiger partial charge is 0.406 e. The predicted octanol–water partition coefficient (Wildman–Crippen LogP) is 2.30. The van der Waals surface area contributed by atoms with Crippen LogP contribution in [0, 0.1) is 0 Å². The number of hydrogen-bond donors (Lipinski definition) is 1. The van der Waals surface area contributed by atoms with Crippen molar-refractivity contribution in [3.05, 3.63) is 0 Å². The Balaban J connectivity index is 4.65. The van der Waals surface area contributed by atoms with E-state index < -0.39 is 18.6 Å². The molecule has 0 aliphatic rings. The molecule has 0 unspecified atom stereocenters. The Kier molecular flexibility index (Phi) is 7.18. The second kappa shape index (κ2) is 7.53. The lowest BCUT2D eigenvalue weighted by atomic mass is 10.1. The zero-order valence-corrected chi connectivity index (χ0v) is 10.4. The van der Waals surface area contributed by atoms with Crippen molar-refractivity contribution in [2.75, 3.05) is 13.1 Å². The Morgan fingerprint density at radius 1 is 1.29 bits per heavy atom. The first-order chi connectivity index (χ1) is 7.85. The Bertz CT molecular complexity index is 227. The molecule has 0 saturated carbocycles. The van der Waals surface area contributed by atoms with E-state index in [1.807, 2.05) is 0 Å². The summed E-state index contributed by atoms with van der Waals surface area (Å²) in [6, 6.07) is -0.345. The Morgan fingerprint density at radius 2 is 1.82 bits per heavy atom. The van der Waals surface area contributed by atoms with Gasteiger partial charge in [-0.2, -0.15) is 13.2 Å². The van der Waals surface area contributed by atoms with Gasteiger partial charge in [-0.05, 0) is 25.8 Å². The van der Waals surface area contributed by atoms with E-state index >= 15 is 0 Å². The molecule has 0 saturated heterocycles. The molecule has 0 radical (unpaired) electrons. The number of hydrogen-bond acceptors (Lipinski definition) is 2. The van der Waals surface area contributed by atoms with Gasteiger partial charge < -0.3 is 10.6 Å². The van der Waals surface area contributed by atoms with Gasteiger partial charge in [0.1, 0.15) is 6.54 Å². The van der Waals surface area contributed by atoms with Gasteiger partial charge in [0.2, 0.25) is 5.91 Å². The van der Waals surface area contributed by atoms with E-state index in [0.29, 0.717) is 25.8 Å². The fraction of sp³-hybridized carbons (Fsp3) is 0.909. The van der Waals surface area contributed by atoms with Crippen molar-refractivity contribution in [3.63, 3.8) is 0 Å². The van der Waals surface area contributed by atoms with Gasteiger partial charge in [0, 0.05) is 12.5 Å². The zero-order valence-electron chi connectivity index (χ0n) is 10.4. The third-order valence-electron chi connectivity index (χ3n) is 2.65. The van der Waals surface area contributed by atoms with Crippen LogP contribution in [-0.4, -0.2) is 36.1 Å². The molecular formula is C11H21F3N2O. The van der Waals surface area contributed by atoms with Gasteiger partial charge in [-0.1, -0.05) is 13.8 Å². The van der Waals surface area contributed by atoms with Crippen molar-refractivity contribution < 1.29 is 18.0 Å². The number of carbonyl (C=O) groups excluding carboxylic acids is 1. The zero-order chi connectivity index (χ0) is 13.5. The van der Waals surface area contributed by atoms with E-state index in [4.69, 9.17) is 5.73 Å². The number of nitrogens with two attached hydrogens (primary N) is 1. The molecule has 0 aliphatic carbocycles. The number of nitrogens with zero attached hydrogens (tertiary/aromatic N) is 1. The molecule has 0 rings (SSSR count). The van der Waals surface area contributed by atoms with Crippen molar-refractivity contribution in [2.24, 2.45) is 5.73 Å². The normalized spacial score (nSPS) is 11.9. The molecule has 0 aromatic carbocycles. The first kappa shape index (κ1) is 16.2. The molecule has 102 valence electrons. The summed E-state index contributed by atoms with van der Waals surface area (Å²) in [5.74, 6) is -0.457. The van der Waals surface area contributed by atoms with E-state index in [2.05, 4.69) is 0 Å². The summed E-state index contributed by atoms with van der Waals surface area (Å²) in [7, 11) is 0. The Morgan fingerprint density at radius 3 is 2.18 bits per heavy atom. The summed E-state index contributed by atoms with van der Waals surface area (Å²) in [5.41, 5.74) is 5.25. The molecule has 0 aromatic heterocycles. The summed E-state index contributed by atoms with van der Waals surface area (Å²) in [4.78, 5) is 12.6. The molecule has 2 N–H and O–H groups in total. The molecule has 1 amide bonds.